The maximum absolute atomic E-state index is 12.2. The maximum atomic E-state index is 12.2. The number of hydrogen-bond donors (Lipinski definition) is 1. The van der Waals surface area contributed by atoms with Gasteiger partial charge in [-0.15, -0.1) is 0 Å². The van der Waals surface area contributed by atoms with E-state index in [0.29, 0.717) is 4.80 Å². The van der Waals surface area contributed by atoms with Crippen LogP contribution >= 0.6 is 11.3 Å². The van der Waals surface area contributed by atoms with Crippen LogP contribution in [0.3, 0.4) is 0 Å². The van der Waals surface area contributed by atoms with E-state index in [9.17, 15) is 9.59 Å². The van der Waals surface area contributed by atoms with Crippen molar-refractivity contribution < 1.29 is 14.0 Å². The third kappa shape index (κ3) is 3.09. The molecule has 0 fully saturated rings. The molecule has 3 rings (SSSR count). The molecule has 0 saturated carbocycles. The Hall–Kier alpha value is -2.67. The second-order valence-corrected chi connectivity index (χ2v) is 6.04. The van der Waals surface area contributed by atoms with Crippen LogP contribution in [0.1, 0.15) is 17.5 Å². The topological polar surface area (TPSA) is 76.6 Å². The SMILES string of the molecule is CC(NC(=O)c1ccco1)C(=O)N=c1sc2ccccc2n1C. The number of carbonyl (C=O) groups is 2. The van der Waals surface area contributed by atoms with E-state index in [2.05, 4.69) is 10.3 Å². The third-order valence-corrected chi connectivity index (χ3v) is 4.50. The summed E-state index contributed by atoms with van der Waals surface area (Å²) in [5.74, 6) is -0.684. The first kappa shape index (κ1) is 15.2. The van der Waals surface area contributed by atoms with Crippen LogP contribution in [0.15, 0.2) is 52.1 Å². The number of furan rings is 1. The van der Waals surface area contributed by atoms with Crippen molar-refractivity contribution in [3.05, 3.63) is 53.2 Å². The minimum absolute atomic E-state index is 0.164. The molecule has 0 spiro atoms. The van der Waals surface area contributed by atoms with E-state index in [-0.39, 0.29) is 5.76 Å². The number of thiazole rings is 1. The first-order valence-electron chi connectivity index (χ1n) is 7.04. The number of aromatic nitrogens is 1. The number of nitrogens with zero attached hydrogens (tertiary/aromatic N) is 2. The zero-order valence-corrected chi connectivity index (χ0v) is 13.5. The summed E-state index contributed by atoms with van der Waals surface area (Å²) in [4.78, 5) is 28.8. The lowest BCUT2D eigenvalue weighted by molar-refractivity contribution is -0.119. The van der Waals surface area contributed by atoms with E-state index in [1.807, 2.05) is 35.9 Å². The van der Waals surface area contributed by atoms with Gasteiger partial charge in [-0.25, -0.2) is 0 Å². The molecule has 1 unspecified atom stereocenters. The minimum Gasteiger partial charge on any atom is -0.459 e. The first-order chi connectivity index (χ1) is 11.1. The van der Waals surface area contributed by atoms with Crippen LogP contribution in [0, 0.1) is 0 Å². The number of fused-ring (bicyclic) bond motifs is 1. The second-order valence-electron chi connectivity index (χ2n) is 5.03. The highest BCUT2D eigenvalue weighted by atomic mass is 32.1. The van der Waals surface area contributed by atoms with Crippen LogP contribution in [0.2, 0.25) is 0 Å². The number of aryl methyl sites for hydroxylation is 1. The van der Waals surface area contributed by atoms with Crippen molar-refractivity contribution in [2.45, 2.75) is 13.0 Å². The number of para-hydroxylation sites is 1. The van der Waals surface area contributed by atoms with Gasteiger partial charge in [-0.05, 0) is 31.2 Å². The fourth-order valence-electron chi connectivity index (χ4n) is 2.12. The number of rotatable bonds is 3. The summed E-state index contributed by atoms with van der Waals surface area (Å²) >= 11 is 1.43. The van der Waals surface area contributed by atoms with Gasteiger partial charge in [0.1, 0.15) is 6.04 Å². The molecule has 0 radical (unpaired) electrons. The first-order valence-corrected chi connectivity index (χ1v) is 7.85. The van der Waals surface area contributed by atoms with Crippen molar-refractivity contribution in [1.29, 1.82) is 0 Å². The Kier molecular flexibility index (Phi) is 4.12. The molecule has 23 heavy (non-hydrogen) atoms. The van der Waals surface area contributed by atoms with Crippen LogP contribution in [-0.2, 0) is 11.8 Å². The van der Waals surface area contributed by atoms with Crippen molar-refractivity contribution >= 4 is 33.4 Å². The summed E-state index contributed by atoms with van der Waals surface area (Å²) < 4.78 is 7.91. The molecular weight excluding hydrogens is 314 g/mol. The lowest BCUT2D eigenvalue weighted by atomic mass is 10.3. The van der Waals surface area contributed by atoms with Gasteiger partial charge in [-0.2, -0.15) is 4.99 Å². The van der Waals surface area contributed by atoms with Crippen molar-refractivity contribution in [3.8, 4) is 0 Å². The van der Waals surface area contributed by atoms with Crippen LogP contribution in [0.4, 0.5) is 0 Å². The zero-order valence-electron chi connectivity index (χ0n) is 12.6. The van der Waals surface area contributed by atoms with Crippen molar-refractivity contribution in [2.24, 2.45) is 12.0 Å². The van der Waals surface area contributed by atoms with E-state index >= 15 is 0 Å². The molecule has 0 bridgehead atoms. The highest BCUT2D eigenvalue weighted by molar-refractivity contribution is 7.16. The molecule has 0 aliphatic heterocycles. The standard InChI is InChI=1S/C16H15N3O3S/c1-10(17-15(21)12-7-5-9-22-12)14(20)18-16-19(2)11-6-3-4-8-13(11)23-16/h3-10H,1-2H3,(H,17,21). The fraction of sp³-hybridized carbons (Fsp3) is 0.188. The van der Waals surface area contributed by atoms with Gasteiger partial charge in [0.05, 0.1) is 16.5 Å². The van der Waals surface area contributed by atoms with E-state index < -0.39 is 17.9 Å². The maximum Gasteiger partial charge on any atom is 0.287 e. The Labute approximate surface area is 136 Å². The summed E-state index contributed by atoms with van der Waals surface area (Å²) in [5, 5.41) is 2.57. The van der Waals surface area contributed by atoms with Gasteiger partial charge in [-0.3, -0.25) is 9.59 Å². The molecule has 2 heterocycles. The molecular formula is C16H15N3O3S. The molecule has 7 heteroatoms. The lowest BCUT2D eigenvalue weighted by Crippen LogP contribution is -2.38. The number of carbonyl (C=O) groups excluding carboxylic acids is 2. The molecule has 2 amide bonds. The minimum atomic E-state index is -0.738. The lowest BCUT2D eigenvalue weighted by Gasteiger charge is -2.08. The van der Waals surface area contributed by atoms with Gasteiger partial charge in [0.25, 0.3) is 11.8 Å². The molecule has 1 atom stereocenters. The number of amides is 2. The van der Waals surface area contributed by atoms with Crippen molar-refractivity contribution in [1.82, 2.24) is 9.88 Å². The summed E-state index contributed by atoms with van der Waals surface area (Å²) in [6.45, 7) is 1.60. The molecule has 118 valence electrons. The van der Waals surface area contributed by atoms with Crippen LogP contribution in [0.5, 0.6) is 0 Å². The van der Waals surface area contributed by atoms with Crippen molar-refractivity contribution in [2.75, 3.05) is 0 Å². The molecule has 2 aromatic heterocycles. The molecule has 3 aromatic rings. The van der Waals surface area contributed by atoms with Crippen LogP contribution in [0.25, 0.3) is 10.2 Å². The van der Waals surface area contributed by atoms with E-state index in [1.165, 1.54) is 23.7 Å². The van der Waals surface area contributed by atoms with E-state index in [0.717, 1.165) is 10.2 Å². The average molecular weight is 329 g/mol. The second kappa shape index (κ2) is 6.21. The number of nitrogens with one attached hydrogen (secondary N) is 1. The summed E-state index contributed by atoms with van der Waals surface area (Å²) in [6.07, 6.45) is 1.41. The number of benzene rings is 1. The Bertz CT molecular complexity index is 922. The fourth-order valence-corrected chi connectivity index (χ4v) is 3.14. The predicted molar refractivity (Wildman–Crippen MR) is 87.0 cm³/mol. The van der Waals surface area contributed by atoms with Gasteiger partial charge in [0.15, 0.2) is 10.6 Å². The number of hydrogen-bond acceptors (Lipinski definition) is 4. The summed E-state index contributed by atoms with van der Waals surface area (Å²) in [7, 11) is 1.86. The highest BCUT2D eigenvalue weighted by Gasteiger charge is 2.18. The smallest absolute Gasteiger partial charge is 0.287 e. The Morgan fingerprint density at radius 2 is 2.04 bits per heavy atom. The van der Waals surface area contributed by atoms with E-state index in [4.69, 9.17) is 4.42 Å². The molecule has 0 aliphatic carbocycles. The molecule has 6 nitrogen and oxygen atoms in total. The molecule has 0 saturated heterocycles. The van der Waals surface area contributed by atoms with Gasteiger partial charge in [0.2, 0.25) is 0 Å². The van der Waals surface area contributed by atoms with Gasteiger partial charge in [-0.1, -0.05) is 23.5 Å². The highest BCUT2D eigenvalue weighted by Crippen LogP contribution is 2.15. The Balaban J connectivity index is 1.82. The predicted octanol–water partition coefficient (Wildman–Crippen LogP) is 2.08. The van der Waals surface area contributed by atoms with Gasteiger partial charge in [0, 0.05) is 7.05 Å². The van der Waals surface area contributed by atoms with Crippen LogP contribution in [-0.4, -0.2) is 22.4 Å². The van der Waals surface area contributed by atoms with E-state index in [1.54, 1.807) is 13.0 Å². The molecule has 1 N–H and O–H groups in total. The quantitative estimate of drug-likeness (QED) is 0.799. The normalized spacial score (nSPS) is 13.2. The summed E-state index contributed by atoms with van der Waals surface area (Å²) in [6, 6.07) is 10.2. The Morgan fingerprint density at radius 1 is 1.26 bits per heavy atom. The monoisotopic (exact) mass is 329 g/mol. The third-order valence-electron chi connectivity index (χ3n) is 3.38. The molecule has 0 aliphatic rings. The average Bonchev–Trinajstić information content (AvgIpc) is 3.17. The largest absolute Gasteiger partial charge is 0.459 e. The van der Waals surface area contributed by atoms with Gasteiger partial charge < -0.3 is 14.3 Å². The Morgan fingerprint density at radius 3 is 2.74 bits per heavy atom. The van der Waals surface area contributed by atoms with Crippen molar-refractivity contribution in [3.63, 3.8) is 0 Å². The summed E-state index contributed by atoms with van der Waals surface area (Å²) in [5.41, 5.74) is 1.01. The molecule has 1 aromatic carbocycles. The van der Waals surface area contributed by atoms with Gasteiger partial charge >= 0.3 is 0 Å². The van der Waals surface area contributed by atoms with Crippen LogP contribution < -0.4 is 10.1 Å². The zero-order chi connectivity index (χ0) is 16.4.